The summed E-state index contributed by atoms with van der Waals surface area (Å²) in [4.78, 5) is 17.4. The van der Waals surface area contributed by atoms with Crippen molar-refractivity contribution in [3.05, 3.63) is 29.0 Å². The molecule has 2 rings (SSSR count). The highest BCUT2D eigenvalue weighted by molar-refractivity contribution is 6.29. The molecule has 0 bridgehead atoms. The summed E-state index contributed by atoms with van der Waals surface area (Å²) in [6.07, 6.45) is 3.63. The molecule has 1 unspecified atom stereocenters. The summed E-state index contributed by atoms with van der Waals surface area (Å²) in [7, 11) is 0. The summed E-state index contributed by atoms with van der Waals surface area (Å²) in [5, 5.41) is 0.506. The lowest BCUT2D eigenvalue weighted by atomic mass is 9.97. The summed E-state index contributed by atoms with van der Waals surface area (Å²) in [6, 6.07) is 3.80. The van der Waals surface area contributed by atoms with Crippen molar-refractivity contribution in [3.8, 4) is 0 Å². The molecule has 0 aromatic carbocycles. The Bertz CT molecular complexity index is 410. The van der Waals surface area contributed by atoms with Crippen LogP contribution in [0, 0.1) is 5.92 Å². The molecule has 1 amide bonds. The summed E-state index contributed by atoms with van der Waals surface area (Å²) < 4.78 is 0. The standard InChI is InChI=1S/C12H16ClN3O/c13-11-6-9(3-4-15-11)7-16-5-1-2-10(8-16)12(14)17/h3-4,6,10H,1-2,5,7-8H2,(H2,14,17). The second-order valence-corrected chi connectivity index (χ2v) is 4.85. The number of hydrogen-bond donors (Lipinski definition) is 1. The number of carbonyl (C=O) groups is 1. The van der Waals surface area contributed by atoms with E-state index < -0.39 is 0 Å². The molecule has 0 spiro atoms. The van der Waals surface area contributed by atoms with E-state index in [1.54, 1.807) is 6.20 Å². The van der Waals surface area contributed by atoms with Crippen molar-refractivity contribution >= 4 is 17.5 Å². The first-order valence-electron chi connectivity index (χ1n) is 5.77. The SMILES string of the molecule is NC(=O)C1CCCN(Cc2ccnc(Cl)c2)C1. The predicted molar refractivity (Wildman–Crippen MR) is 66.4 cm³/mol. The third kappa shape index (κ3) is 3.41. The summed E-state index contributed by atoms with van der Waals surface area (Å²) in [6.45, 7) is 2.55. The molecule has 2 heterocycles. The van der Waals surface area contributed by atoms with Crippen molar-refractivity contribution < 1.29 is 4.79 Å². The molecule has 0 aliphatic carbocycles. The number of hydrogen-bond acceptors (Lipinski definition) is 3. The van der Waals surface area contributed by atoms with E-state index in [2.05, 4.69) is 9.88 Å². The minimum absolute atomic E-state index is 0.0129. The molecule has 4 nitrogen and oxygen atoms in total. The number of likely N-dealkylation sites (tertiary alicyclic amines) is 1. The zero-order valence-corrected chi connectivity index (χ0v) is 10.4. The fourth-order valence-electron chi connectivity index (χ4n) is 2.23. The smallest absolute Gasteiger partial charge is 0.221 e. The van der Waals surface area contributed by atoms with E-state index in [0.717, 1.165) is 38.0 Å². The second kappa shape index (κ2) is 5.47. The molecule has 1 atom stereocenters. The first-order chi connectivity index (χ1) is 8.15. The highest BCUT2D eigenvalue weighted by atomic mass is 35.5. The molecule has 1 aromatic heterocycles. The van der Waals surface area contributed by atoms with E-state index in [-0.39, 0.29) is 11.8 Å². The largest absolute Gasteiger partial charge is 0.369 e. The summed E-state index contributed by atoms with van der Waals surface area (Å²) in [5.41, 5.74) is 6.47. The molecule has 1 saturated heterocycles. The molecule has 1 aromatic rings. The Morgan fingerprint density at radius 3 is 3.18 bits per heavy atom. The highest BCUT2D eigenvalue weighted by Gasteiger charge is 2.23. The average Bonchev–Trinajstić information content (AvgIpc) is 2.29. The first-order valence-corrected chi connectivity index (χ1v) is 6.15. The fourth-order valence-corrected chi connectivity index (χ4v) is 2.43. The number of piperidine rings is 1. The van der Waals surface area contributed by atoms with Crippen LogP contribution in [-0.4, -0.2) is 28.9 Å². The second-order valence-electron chi connectivity index (χ2n) is 4.46. The molecular weight excluding hydrogens is 238 g/mol. The van der Waals surface area contributed by atoms with Crippen molar-refractivity contribution in [2.45, 2.75) is 19.4 Å². The third-order valence-electron chi connectivity index (χ3n) is 3.11. The van der Waals surface area contributed by atoms with Gasteiger partial charge in [-0.1, -0.05) is 11.6 Å². The van der Waals surface area contributed by atoms with Crippen molar-refractivity contribution in [3.63, 3.8) is 0 Å². The van der Waals surface area contributed by atoms with Crippen molar-refractivity contribution in [2.24, 2.45) is 11.7 Å². The van der Waals surface area contributed by atoms with Crippen LogP contribution in [-0.2, 0) is 11.3 Å². The number of pyridine rings is 1. The van der Waals surface area contributed by atoms with Crippen LogP contribution < -0.4 is 5.73 Å². The molecule has 1 aliphatic heterocycles. The molecule has 0 radical (unpaired) electrons. The van der Waals surface area contributed by atoms with Crippen molar-refractivity contribution in [1.29, 1.82) is 0 Å². The van der Waals surface area contributed by atoms with E-state index in [1.807, 2.05) is 12.1 Å². The number of amides is 1. The third-order valence-corrected chi connectivity index (χ3v) is 3.31. The Kier molecular flexibility index (Phi) is 3.97. The number of aromatic nitrogens is 1. The lowest BCUT2D eigenvalue weighted by molar-refractivity contribution is -0.123. The molecule has 2 N–H and O–H groups in total. The van der Waals surface area contributed by atoms with Crippen LogP contribution in [0.1, 0.15) is 18.4 Å². The van der Waals surface area contributed by atoms with Gasteiger partial charge in [0.05, 0.1) is 5.92 Å². The Morgan fingerprint density at radius 1 is 1.65 bits per heavy atom. The maximum absolute atomic E-state index is 11.2. The lowest BCUT2D eigenvalue weighted by Crippen LogP contribution is -2.40. The zero-order chi connectivity index (χ0) is 12.3. The molecule has 1 aliphatic rings. The Balaban J connectivity index is 1.97. The number of nitrogens with two attached hydrogens (primary N) is 1. The molecule has 0 saturated carbocycles. The first kappa shape index (κ1) is 12.3. The molecule has 1 fully saturated rings. The van der Waals surface area contributed by atoms with Crippen LogP contribution in [0.15, 0.2) is 18.3 Å². The van der Waals surface area contributed by atoms with E-state index in [9.17, 15) is 4.79 Å². The predicted octanol–water partition coefficient (Wildman–Crippen LogP) is 1.43. The van der Waals surface area contributed by atoms with Crippen LogP contribution >= 0.6 is 11.6 Å². The van der Waals surface area contributed by atoms with Crippen molar-refractivity contribution in [2.75, 3.05) is 13.1 Å². The topological polar surface area (TPSA) is 59.2 Å². The number of nitrogens with zero attached hydrogens (tertiary/aromatic N) is 2. The van der Waals surface area contributed by atoms with E-state index in [1.165, 1.54) is 0 Å². The fraction of sp³-hybridized carbons (Fsp3) is 0.500. The van der Waals surface area contributed by atoms with Gasteiger partial charge >= 0.3 is 0 Å². The zero-order valence-electron chi connectivity index (χ0n) is 9.60. The summed E-state index contributed by atoms with van der Waals surface area (Å²) >= 11 is 5.84. The van der Waals surface area contributed by atoms with Crippen LogP contribution in [0.3, 0.4) is 0 Å². The van der Waals surface area contributed by atoms with Gasteiger partial charge in [-0.15, -0.1) is 0 Å². The van der Waals surface area contributed by atoms with Gasteiger partial charge in [-0.3, -0.25) is 9.69 Å². The summed E-state index contributed by atoms with van der Waals surface area (Å²) in [5.74, 6) is -0.205. The van der Waals surface area contributed by atoms with Gasteiger partial charge in [-0.05, 0) is 37.1 Å². The van der Waals surface area contributed by atoms with Gasteiger partial charge in [0.15, 0.2) is 0 Å². The van der Waals surface area contributed by atoms with E-state index >= 15 is 0 Å². The minimum atomic E-state index is -0.192. The van der Waals surface area contributed by atoms with Gasteiger partial charge in [0.25, 0.3) is 0 Å². The monoisotopic (exact) mass is 253 g/mol. The van der Waals surface area contributed by atoms with Crippen LogP contribution in [0.25, 0.3) is 0 Å². The average molecular weight is 254 g/mol. The van der Waals surface area contributed by atoms with Crippen LogP contribution in [0.4, 0.5) is 0 Å². The van der Waals surface area contributed by atoms with Gasteiger partial charge in [0.2, 0.25) is 5.91 Å². The van der Waals surface area contributed by atoms with Crippen LogP contribution in [0.5, 0.6) is 0 Å². The minimum Gasteiger partial charge on any atom is -0.369 e. The molecule has 17 heavy (non-hydrogen) atoms. The van der Waals surface area contributed by atoms with Gasteiger partial charge in [0.1, 0.15) is 5.15 Å². The quantitative estimate of drug-likeness (QED) is 0.829. The number of primary amides is 1. The van der Waals surface area contributed by atoms with Gasteiger partial charge in [-0.25, -0.2) is 4.98 Å². The number of halogens is 1. The van der Waals surface area contributed by atoms with Crippen LogP contribution in [0.2, 0.25) is 5.15 Å². The van der Waals surface area contributed by atoms with Gasteiger partial charge in [-0.2, -0.15) is 0 Å². The maximum atomic E-state index is 11.2. The Labute approximate surface area is 106 Å². The Hall–Kier alpha value is -1.13. The molecular formula is C12H16ClN3O. The lowest BCUT2D eigenvalue weighted by Gasteiger charge is -2.31. The number of rotatable bonds is 3. The molecule has 5 heteroatoms. The van der Waals surface area contributed by atoms with Crippen molar-refractivity contribution in [1.82, 2.24) is 9.88 Å². The highest BCUT2D eigenvalue weighted by Crippen LogP contribution is 2.18. The molecule has 92 valence electrons. The Morgan fingerprint density at radius 2 is 2.47 bits per heavy atom. The number of carbonyl (C=O) groups excluding carboxylic acids is 1. The van der Waals surface area contributed by atoms with Gasteiger partial charge in [0, 0.05) is 19.3 Å². The van der Waals surface area contributed by atoms with Gasteiger partial charge < -0.3 is 5.73 Å². The maximum Gasteiger partial charge on any atom is 0.221 e. The van der Waals surface area contributed by atoms with E-state index in [4.69, 9.17) is 17.3 Å². The normalized spacial score (nSPS) is 21.4. The van der Waals surface area contributed by atoms with E-state index in [0.29, 0.717) is 5.15 Å².